The van der Waals surface area contributed by atoms with Gasteiger partial charge >= 0.3 is 0 Å². The van der Waals surface area contributed by atoms with Crippen molar-refractivity contribution >= 4 is 0 Å². The Morgan fingerprint density at radius 3 is 1.25 bits per heavy atom. The van der Waals surface area contributed by atoms with Gasteiger partial charge in [0.2, 0.25) is 0 Å². The Labute approximate surface area is 99.7 Å². The molecule has 2 fully saturated rings. The van der Waals surface area contributed by atoms with Crippen LogP contribution < -0.4 is 0 Å². The number of hydrogen-bond donors (Lipinski definition) is 0. The normalized spacial score (nSPS) is 40.1. The average Bonchev–Trinajstić information content (AvgIpc) is 2.54. The Bertz CT molecular complexity index is 231. The highest BCUT2D eigenvalue weighted by Crippen LogP contribution is 2.47. The van der Waals surface area contributed by atoms with Gasteiger partial charge in [0.05, 0.1) is 25.4 Å². The molecule has 4 atom stereocenters. The summed E-state index contributed by atoms with van der Waals surface area (Å²) in [6, 6.07) is 0. The zero-order chi connectivity index (χ0) is 12.1. The van der Waals surface area contributed by atoms with Gasteiger partial charge in [-0.15, -0.1) is 0 Å². The van der Waals surface area contributed by atoms with Crippen LogP contribution in [0.5, 0.6) is 0 Å². The van der Waals surface area contributed by atoms with Crippen molar-refractivity contribution < 1.29 is 9.47 Å². The minimum absolute atomic E-state index is 0.284. The monoisotopic (exact) mass is 226 g/mol. The summed E-state index contributed by atoms with van der Waals surface area (Å²) in [5, 5.41) is 0. The Kier molecular flexibility index (Phi) is 2.87. The Balaban J connectivity index is 2.13. The first-order chi connectivity index (χ1) is 7.21. The Morgan fingerprint density at radius 2 is 1.00 bits per heavy atom. The second-order valence-corrected chi connectivity index (χ2v) is 7.54. The van der Waals surface area contributed by atoms with Gasteiger partial charge in [-0.1, -0.05) is 41.5 Å². The van der Waals surface area contributed by atoms with Crippen molar-refractivity contribution in [3.8, 4) is 0 Å². The van der Waals surface area contributed by atoms with E-state index >= 15 is 0 Å². The predicted molar refractivity (Wildman–Crippen MR) is 65.4 cm³/mol. The van der Waals surface area contributed by atoms with Gasteiger partial charge in [0.1, 0.15) is 0 Å². The molecule has 0 amide bonds. The van der Waals surface area contributed by atoms with Crippen LogP contribution in [0.2, 0.25) is 0 Å². The van der Waals surface area contributed by atoms with E-state index in [0.717, 1.165) is 13.2 Å². The molecule has 0 aliphatic carbocycles. The van der Waals surface area contributed by atoms with Crippen LogP contribution in [-0.4, -0.2) is 25.4 Å². The molecule has 16 heavy (non-hydrogen) atoms. The van der Waals surface area contributed by atoms with Crippen molar-refractivity contribution in [1.29, 1.82) is 0 Å². The van der Waals surface area contributed by atoms with E-state index in [2.05, 4.69) is 41.5 Å². The van der Waals surface area contributed by atoms with Gasteiger partial charge in [0.25, 0.3) is 0 Å². The van der Waals surface area contributed by atoms with E-state index in [9.17, 15) is 0 Å². The summed E-state index contributed by atoms with van der Waals surface area (Å²) in [7, 11) is 0. The number of rotatable bonds is 0. The molecule has 2 rings (SSSR count). The van der Waals surface area contributed by atoms with E-state index in [4.69, 9.17) is 9.47 Å². The highest BCUT2D eigenvalue weighted by molar-refractivity contribution is 5.00. The second kappa shape index (κ2) is 3.71. The second-order valence-electron chi connectivity index (χ2n) is 7.54. The molecule has 0 bridgehead atoms. The molecule has 94 valence electrons. The van der Waals surface area contributed by atoms with Gasteiger partial charge in [-0.25, -0.2) is 0 Å². The largest absolute Gasteiger partial charge is 0.375 e. The predicted octanol–water partition coefficient (Wildman–Crippen LogP) is 3.11. The fourth-order valence-corrected chi connectivity index (χ4v) is 2.98. The number of fused-ring (bicyclic) bond motifs is 1. The summed E-state index contributed by atoms with van der Waals surface area (Å²) in [5.74, 6) is 1.09. The summed E-state index contributed by atoms with van der Waals surface area (Å²) >= 11 is 0. The van der Waals surface area contributed by atoms with Crippen LogP contribution in [0.25, 0.3) is 0 Å². The molecule has 2 aliphatic rings. The lowest BCUT2D eigenvalue weighted by Crippen LogP contribution is -2.36. The molecule has 0 aromatic carbocycles. The molecule has 2 nitrogen and oxygen atoms in total. The maximum Gasteiger partial charge on any atom is 0.0895 e. The fourth-order valence-electron chi connectivity index (χ4n) is 2.98. The third kappa shape index (κ3) is 2.02. The Hall–Kier alpha value is -0.0800. The van der Waals surface area contributed by atoms with Crippen LogP contribution in [0.1, 0.15) is 41.5 Å². The van der Waals surface area contributed by atoms with E-state index in [-0.39, 0.29) is 10.8 Å². The lowest BCUT2D eigenvalue weighted by atomic mass is 9.73. The van der Waals surface area contributed by atoms with Crippen molar-refractivity contribution in [2.45, 2.75) is 53.8 Å². The van der Waals surface area contributed by atoms with E-state index in [0.29, 0.717) is 24.0 Å². The van der Waals surface area contributed by atoms with E-state index in [1.54, 1.807) is 0 Å². The molecular weight excluding hydrogens is 200 g/mol. The quantitative estimate of drug-likeness (QED) is 0.632. The lowest BCUT2D eigenvalue weighted by molar-refractivity contribution is 0.0228. The molecule has 2 aliphatic heterocycles. The Morgan fingerprint density at radius 1 is 0.688 bits per heavy atom. The molecule has 0 aromatic heterocycles. The molecule has 2 heteroatoms. The SMILES string of the molecule is CC(C)(C)[C@@H]1COC2C1OC[C@H]2C(C)(C)C. The lowest BCUT2D eigenvalue weighted by Gasteiger charge is -2.30. The molecular formula is C14H26O2. The summed E-state index contributed by atoms with van der Waals surface area (Å²) in [6.45, 7) is 15.5. The van der Waals surface area contributed by atoms with Crippen molar-refractivity contribution in [2.24, 2.45) is 22.7 Å². The molecule has 0 saturated carbocycles. The van der Waals surface area contributed by atoms with Gasteiger partial charge in [-0.3, -0.25) is 0 Å². The smallest absolute Gasteiger partial charge is 0.0895 e. The summed E-state index contributed by atoms with van der Waals surface area (Å²) in [6.07, 6.45) is 0.647. The van der Waals surface area contributed by atoms with Crippen LogP contribution in [0.15, 0.2) is 0 Å². The molecule has 2 unspecified atom stereocenters. The molecule has 2 saturated heterocycles. The maximum absolute atomic E-state index is 6.03. The fraction of sp³-hybridized carbons (Fsp3) is 1.00. The standard InChI is InChI=1S/C14H26O2/c1-13(2,3)9-7-15-12-10(14(4,5)6)8-16-11(9)12/h9-12H,7-8H2,1-6H3/t9-,10-,11?,12?/m1/s1. The van der Waals surface area contributed by atoms with Gasteiger partial charge < -0.3 is 9.47 Å². The van der Waals surface area contributed by atoms with Crippen molar-refractivity contribution in [3.63, 3.8) is 0 Å². The first-order valence-corrected chi connectivity index (χ1v) is 6.44. The number of hydrogen-bond acceptors (Lipinski definition) is 2. The molecule has 0 spiro atoms. The summed E-state index contributed by atoms with van der Waals surface area (Å²) in [4.78, 5) is 0. The average molecular weight is 226 g/mol. The molecule has 0 radical (unpaired) electrons. The van der Waals surface area contributed by atoms with Crippen LogP contribution in [0.3, 0.4) is 0 Å². The van der Waals surface area contributed by atoms with Crippen molar-refractivity contribution in [3.05, 3.63) is 0 Å². The zero-order valence-corrected chi connectivity index (χ0v) is 11.5. The van der Waals surface area contributed by atoms with Crippen LogP contribution in [0.4, 0.5) is 0 Å². The van der Waals surface area contributed by atoms with Crippen molar-refractivity contribution in [1.82, 2.24) is 0 Å². The first kappa shape index (κ1) is 12.4. The minimum Gasteiger partial charge on any atom is -0.375 e. The van der Waals surface area contributed by atoms with Gasteiger partial charge in [0, 0.05) is 11.8 Å². The molecule has 0 aromatic rings. The third-order valence-electron chi connectivity index (χ3n) is 4.28. The third-order valence-corrected chi connectivity index (χ3v) is 4.28. The highest BCUT2D eigenvalue weighted by atomic mass is 16.6. The van der Waals surface area contributed by atoms with E-state index in [1.807, 2.05) is 0 Å². The minimum atomic E-state index is 0.284. The maximum atomic E-state index is 6.03. The van der Waals surface area contributed by atoms with Crippen molar-refractivity contribution in [2.75, 3.05) is 13.2 Å². The summed E-state index contributed by atoms with van der Waals surface area (Å²) < 4.78 is 12.1. The van der Waals surface area contributed by atoms with Gasteiger partial charge in [-0.05, 0) is 10.8 Å². The first-order valence-electron chi connectivity index (χ1n) is 6.44. The topological polar surface area (TPSA) is 18.5 Å². The van der Waals surface area contributed by atoms with E-state index in [1.165, 1.54) is 0 Å². The van der Waals surface area contributed by atoms with Gasteiger partial charge in [-0.2, -0.15) is 0 Å². The van der Waals surface area contributed by atoms with Crippen LogP contribution in [0, 0.1) is 22.7 Å². The zero-order valence-electron chi connectivity index (χ0n) is 11.5. The summed E-state index contributed by atoms with van der Waals surface area (Å²) in [5.41, 5.74) is 0.568. The molecule has 2 heterocycles. The number of ether oxygens (including phenoxy) is 2. The van der Waals surface area contributed by atoms with Gasteiger partial charge in [0.15, 0.2) is 0 Å². The molecule has 0 N–H and O–H groups in total. The van der Waals surface area contributed by atoms with Crippen LogP contribution >= 0.6 is 0 Å². The highest BCUT2D eigenvalue weighted by Gasteiger charge is 2.53. The van der Waals surface area contributed by atoms with Crippen LogP contribution in [-0.2, 0) is 9.47 Å². The van der Waals surface area contributed by atoms with E-state index < -0.39 is 0 Å².